The highest BCUT2D eigenvalue weighted by Crippen LogP contribution is 2.29. The molecule has 0 aliphatic heterocycles. The highest BCUT2D eigenvalue weighted by molar-refractivity contribution is 9.10. The Morgan fingerprint density at radius 1 is 1.22 bits per heavy atom. The van der Waals surface area contributed by atoms with E-state index in [9.17, 15) is 0 Å². The first-order valence-electron chi connectivity index (χ1n) is 5.12. The van der Waals surface area contributed by atoms with Crippen LogP contribution in [0.25, 0.3) is 0 Å². The van der Waals surface area contributed by atoms with Crippen molar-refractivity contribution < 1.29 is 0 Å². The SMILES string of the molecule is N#Cc1cc(Nc2ccc(Cl)cc2Br)ccc1N. The zero-order valence-electron chi connectivity index (χ0n) is 9.24. The van der Waals surface area contributed by atoms with Crippen LogP contribution in [-0.2, 0) is 0 Å². The van der Waals surface area contributed by atoms with Crippen LogP contribution < -0.4 is 11.1 Å². The van der Waals surface area contributed by atoms with Gasteiger partial charge < -0.3 is 11.1 Å². The monoisotopic (exact) mass is 321 g/mol. The summed E-state index contributed by atoms with van der Waals surface area (Å²) in [6.45, 7) is 0. The summed E-state index contributed by atoms with van der Waals surface area (Å²) in [6.07, 6.45) is 0. The zero-order valence-corrected chi connectivity index (χ0v) is 11.6. The molecule has 3 nitrogen and oxygen atoms in total. The molecule has 0 bridgehead atoms. The minimum Gasteiger partial charge on any atom is -0.398 e. The topological polar surface area (TPSA) is 61.8 Å². The van der Waals surface area contributed by atoms with E-state index in [1.54, 1.807) is 24.3 Å². The summed E-state index contributed by atoms with van der Waals surface area (Å²) in [5.41, 5.74) is 8.25. The van der Waals surface area contributed by atoms with E-state index in [1.165, 1.54) is 0 Å². The van der Waals surface area contributed by atoms with Gasteiger partial charge in [0.25, 0.3) is 0 Å². The Morgan fingerprint density at radius 2 is 2.00 bits per heavy atom. The van der Waals surface area contributed by atoms with Crippen molar-refractivity contribution in [3.05, 3.63) is 51.5 Å². The first kappa shape index (κ1) is 12.7. The van der Waals surface area contributed by atoms with Crippen LogP contribution >= 0.6 is 27.5 Å². The molecule has 0 radical (unpaired) electrons. The predicted octanol–water partition coefficient (Wildman–Crippen LogP) is 4.30. The van der Waals surface area contributed by atoms with Crippen LogP contribution in [0.3, 0.4) is 0 Å². The molecule has 3 N–H and O–H groups in total. The third-order valence-corrected chi connectivity index (χ3v) is 3.28. The van der Waals surface area contributed by atoms with Crippen LogP contribution in [0.5, 0.6) is 0 Å². The summed E-state index contributed by atoms with van der Waals surface area (Å²) >= 11 is 9.29. The average Bonchev–Trinajstić information content (AvgIpc) is 2.35. The van der Waals surface area contributed by atoms with Gasteiger partial charge in [0.15, 0.2) is 0 Å². The molecule has 0 saturated carbocycles. The first-order chi connectivity index (χ1) is 8.60. The number of nitriles is 1. The minimum absolute atomic E-state index is 0.449. The quantitative estimate of drug-likeness (QED) is 0.810. The zero-order chi connectivity index (χ0) is 13.1. The molecule has 90 valence electrons. The molecule has 18 heavy (non-hydrogen) atoms. The molecule has 0 fully saturated rings. The van der Waals surface area contributed by atoms with E-state index in [2.05, 4.69) is 21.2 Å². The van der Waals surface area contributed by atoms with Gasteiger partial charge in [0.05, 0.1) is 11.3 Å². The second-order valence-corrected chi connectivity index (χ2v) is 4.95. The summed E-state index contributed by atoms with van der Waals surface area (Å²) in [5, 5.41) is 12.8. The molecule has 0 atom stereocenters. The molecule has 2 aromatic rings. The summed E-state index contributed by atoms with van der Waals surface area (Å²) in [6, 6.07) is 12.7. The number of nitrogen functional groups attached to an aromatic ring is 1. The molecular weight excluding hydrogens is 314 g/mol. The van der Waals surface area contributed by atoms with Crippen LogP contribution in [0.4, 0.5) is 17.1 Å². The molecule has 0 heterocycles. The van der Waals surface area contributed by atoms with Crippen LogP contribution in [0, 0.1) is 11.3 Å². The van der Waals surface area contributed by atoms with E-state index >= 15 is 0 Å². The van der Waals surface area contributed by atoms with Gasteiger partial charge in [-0.05, 0) is 52.3 Å². The summed E-state index contributed by atoms with van der Waals surface area (Å²) in [7, 11) is 0. The second kappa shape index (κ2) is 5.30. The molecule has 5 heteroatoms. The number of halogens is 2. The lowest BCUT2D eigenvalue weighted by molar-refractivity contribution is 1.47. The maximum Gasteiger partial charge on any atom is 0.101 e. The van der Waals surface area contributed by atoms with Gasteiger partial charge in [0.2, 0.25) is 0 Å². The Hall–Kier alpha value is -1.70. The summed E-state index contributed by atoms with van der Waals surface area (Å²) in [5.74, 6) is 0. The third-order valence-electron chi connectivity index (χ3n) is 2.38. The molecule has 0 amide bonds. The van der Waals surface area contributed by atoms with Gasteiger partial charge in [0, 0.05) is 20.9 Å². The lowest BCUT2D eigenvalue weighted by Crippen LogP contribution is -1.95. The van der Waals surface area contributed by atoms with Crippen molar-refractivity contribution in [1.29, 1.82) is 5.26 Å². The van der Waals surface area contributed by atoms with E-state index in [0.717, 1.165) is 15.8 Å². The predicted molar refractivity (Wildman–Crippen MR) is 78.0 cm³/mol. The van der Waals surface area contributed by atoms with E-state index in [1.807, 2.05) is 18.2 Å². The molecule has 0 unspecified atom stereocenters. The van der Waals surface area contributed by atoms with Crippen molar-refractivity contribution in [2.24, 2.45) is 0 Å². The molecule has 2 aromatic carbocycles. The average molecular weight is 323 g/mol. The largest absolute Gasteiger partial charge is 0.398 e. The Kier molecular flexibility index (Phi) is 3.75. The molecule has 0 aromatic heterocycles. The minimum atomic E-state index is 0.449. The van der Waals surface area contributed by atoms with Crippen molar-refractivity contribution in [3.8, 4) is 6.07 Å². The highest BCUT2D eigenvalue weighted by Gasteiger charge is 2.04. The van der Waals surface area contributed by atoms with E-state index in [4.69, 9.17) is 22.6 Å². The molecule has 0 saturated heterocycles. The fraction of sp³-hybridized carbons (Fsp3) is 0. The maximum atomic E-state index is 8.92. The van der Waals surface area contributed by atoms with E-state index < -0.39 is 0 Å². The number of anilines is 3. The smallest absolute Gasteiger partial charge is 0.101 e. The lowest BCUT2D eigenvalue weighted by Gasteiger charge is -2.09. The summed E-state index contributed by atoms with van der Waals surface area (Å²) < 4.78 is 0.852. The van der Waals surface area contributed by atoms with Crippen molar-refractivity contribution in [3.63, 3.8) is 0 Å². The number of rotatable bonds is 2. The molecule has 0 spiro atoms. The van der Waals surface area contributed by atoms with Crippen LogP contribution in [0.1, 0.15) is 5.56 Å². The van der Waals surface area contributed by atoms with Gasteiger partial charge in [-0.25, -0.2) is 0 Å². The van der Waals surface area contributed by atoms with E-state index in [-0.39, 0.29) is 0 Å². The van der Waals surface area contributed by atoms with Crippen molar-refractivity contribution in [1.82, 2.24) is 0 Å². The normalized spacial score (nSPS) is 9.83. The van der Waals surface area contributed by atoms with Crippen molar-refractivity contribution in [2.75, 3.05) is 11.1 Å². The van der Waals surface area contributed by atoms with Crippen molar-refractivity contribution in [2.45, 2.75) is 0 Å². The Balaban J connectivity index is 2.32. The Morgan fingerprint density at radius 3 is 2.67 bits per heavy atom. The molecule has 2 rings (SSSR count). The summed E-state index contributed by atoms with van der Waals surface area (Å²) in [4.78, 5) is 0. The third kappa shape index (κ3) is 2.76. The highest BCUT2D eigenvalue weighted by atomic mass is 79.9. The number of nitrogens with zero attached hydrogens (tertiary/aromatic N) is 1. The van der Waals surface area contributed by atoms with Crippen LogP contribution in [-0.4, -0.2) is 0 Å². The van der Waals surface area contributed by atoms with Crippen LogP contribution in [0.2, 0.25) is 5.02 Å². The number of benzene rings is 2. The van der Waals surface area contributed by atoms with E-state index in [0.29, 0.717) is 16.3 Å². The first-order valence-corrected chi connectivity index (χ1v) is 6.29. The number of nitrogens with two attached hydrogens (primary N) is 1. The van der Waals surface area contributed by atoms with Gasteiger partial charge in [-0.3, -0.25) is 0 Å². The number of hydrogen-bond donors (Lipinski definition) is 2. The number of nitrogens with one attached hydrogen (secondary N) is 1. The maximum absolute atomic E-state index is 8.92. The fourth-order valence-corrected chi connectivity index (χ4v) is 2.26. The standard InChI is InChI=1S/C13H9BrClN3/c14-11-6-9(15)1-4-13(11)18-10-2-3-12(17)8(5-10)7-16/h1-6,18H,17H2. The Bertz CT molecular complexity index is 635. The molecule has 0 aliphatic carbocycles. The van der Waals surface area contributed by atoms with Crippen molar-refractivity contribution >= 4 is 44.6 Å². The van der Waals surface area contributed by atoms with Gasteiger partial charge >= 0.3 is 0 Å². The van der Waals surface area contributed by atoms with Gasteiger partial charge in [0.1, 0.15) is 6.07 Å². The fourth-order valence-electron chi connectivity index (χ4n) is 1.48. The number of hydrogen-bond acceptors (Lipinski definition) is 3. The van der Waals surface area contributed by atoms with Gasteiger partial charge in [-0.15, -0.1) is 0 Å². The van der Waals surface area contributed by atoms with Crippen LogP contribution in [0.15, 0.2) is 40.9 Å². The second-order valence-electron chi connectivity index (χ2n) is 3.66. The lowest BCUT2D eigenvalue weighted by atomic mass is 10.1. The molecule has 0 aliphatic rings. The Labute approximate surface area is 118 Å². The van der Waals surface area contributed by atoms with Gasteiger partial charge in [-0.1, -0.05) is 11.6 Å². The molecular formula is C13H9BrClN3. The van der Waals surface area contributed by atoms with Gasteiger partial charge in [-0.2, -0.15) is 5.26 Å².